The van der Waals surface area contributed by atoms with Crippen LogP contribution in [0.1, 0.15) is 47.4 Å². The number of fused-ring (bicyclic) bond motifs is 1. The van der Waals surface area contributed by atoms with Gasteiger partial charge >= 0.3 is 6.18 Å². The number of pyridine rings is 1. The molecule has 0 radical (unpaired) electrons. The van der Waals surface area contributed by atoms with E-state index in [0.717, 1.165) is 5.56 Å². The van der Waals surface area contributed by atoms with E-state index >= 15 is 0 Å². The monoisotopic (exact) mass is 522 g/mol. The number of alkyl halides is 3. The van der Waals surface area contributed by atoms with Crippen LogP contribution in [0.4, 0.5) is 24.8 Å². The third kappa shape index (κ3) is 4.59. The van der Waals surface area contributed by atoms with E-state index in [9.17, 15) is 22.8 Å². The van der Waals surface area contributed by atoms with Gasteiger partial charge in [-0.25, -0.2) is 9.97 Å². The predicted octanol–water partition coefficient (Wildman–Crippen LogP) is 4.34. The van der Waals surface area contributed by atoms with Crippen molar-refractivity contribution < 1.29 is 18.0 Å². The highest BCUT2D eigenvalue weighted by Gasteiger charge is 2.63. The Morgan fingerprint density at radius 2 is 1.97 bits per heavy atom. The number of benzene rings is 1. The first-order chi connectivity index (χ1) is 16.7. The number of nitrogens with one attached hydrogen (secondary N) is 1. The molecule has 12 heteroatoms. The molecule has 3 N–H and O–H groups in total. The molecule has 36 heavy (non-hydrogen) atoms. The maximum absolute atomic E-state index is 13.6. The predicted molar refractivity (Wildman–Crippen MR) is 133 cm³/mol. The third-order valence-electron chi connectivity index (χ3n) is 6.60. The molecule has 1 aliphatic rings. The lowest BCUT2D eigenvalue weighted by Gasteiger charge is -2.28. The minimum absolute atomic E-state index is 0.0440. The van der Waals surface area contributed by atoms with Crippen LogP contribution in [0.25, 0.3) is 10.9 Å². The van der Waals surface area contributed by atoms with Crippen LogP contribution in [0.2, 0.25) is 5.15 Å². The number of hydrogen-bond acceptors (Lipinski definition) is 6. The maximum atomic E-state index is 13.6. The Morgan fingerprint density at radius 3 is 2.56 bits per heavy atom. The standard InChI is InChI=1S/C24H26ClF3N6O2/c1-12-9-14(13(2)30-16-5-6-17(25)31-19(16)20(29)35)18-15(10-12)21(36)34(4)22(32-18)33(3)11-23(7-8-23)24(26,27)28/h5-6,9-10,13,30H,7-8,11H2,1-4H3,(H2,29,35). The molecule has 8 nitrogen and oxygen atoms in total. The van der Waals surface area contributed by atoms with Gasteiger partial charge in [-0.05, 0) is 50.5 Å². The van der Waals surface area contributed by atoms with Crippen LogP contribution < -0.4 is 21.5 Å². The van der Waals surface area contributed by atoms with E-state index in [0.29, 0.717) is 22.2 Å². The number of rotatable bonds is 7. The molecule has 3 aromatic rings. The van der Waals surface area contributed by atoms with Crippen LogP contribution in [0.5, 0.6) is 0 Å². The lowest BCUT2D eigenvalue weighted by molar-refractivity contribution is -0.183. The van der Waals surface area contributed by atoms with E-state index in [1.165, 1.54) is 29.6 Å². The topological polar surface area (TPSA) is 106 Å². The zero-order valence-corrected chi connectivity index (χ0v) is 21.0. The van der Waals surface area contributed by atoms with Gasteiger partial charge in [-0.15, -0.1) is 0 Å². The second-order valence-electron chi connectivity index (χ2n) is 9.42. The van der Waals surface area contributed by atoms with Crippen molar-refractivity contribution in [2.45, 2.75) is 38.9 Å². The van der Waals surface area contributed by atoms with Crippen molar-refractivity contribution in [3.63, 3.8) is 0 Å². The fourth-order valence-corrected chi connectivity index (χ4v) is 4.62. The SMILES string of the molecule is Cc1cc(C(C)Nc2ccc(Cl)nc2C(N)=O)c2nc(N(C)CC3(C(F)(F)F)CC3)n(C)c(=O)c2c1. The summed E-state index contributed by atoms with van der Waals surface area (Å²) >= 11 is 5.90. The highest BCUT2D eigenvalue weighted by molar-refractivity contribution is 6.29. The Morgan fingerprint density at radius 1 is 1.31 bits per heavy atom. The molecule has 192 valence electrons. The number of anilines is 2. The van der Waals surface area contributed by atoms with Crippen molar-refractivity contribution in [1.82, 2.24) is 14.5 Å². The molecule has 0 bridgehead atoms. The molecular weight excluding hydrogens is 497 g/mol. The van der Waals surface area contributed by atoms with Crippen LogP contribution in [0, 0.1) is 12.3 Å². The summed E-state index contributed by atoms with van der Waals surface area (Å²) in [7, 11) is 3.00. The zero-order valence-electron chi connectivity index (χ0n) is 20.2. The highest BCUT2D eigenvalue weighted by Crippen LogP contribution is 2.58. The van der Waals surface area contributed by atoms with E-state index in [-0.39, 0.29) is 41.7 Å². The molecule has 1 saturated carbocycles. The van der Waals surface area contributed by atoms with Crippen LogP contribution in [0.3, 0.4) is 0 Å². The van der Waals surface area contributed by atoms with Crippen LogP contribution in [-0.4, -0.2) is 40.2 Å². The van der Waals surface area contributed by atoms with Crippen LogP contribution in [0.15, 0.2) is 29.1 Å². The summed E-state index contributed by atoms with van der Waals surface area (Å²) < 4.78 is 42.0. The summed E-state index contributed by atoms with van der Waals surface area (Å²) in [6.45, 7) is 3.34. The molecule has 2 aromatic heterocycles. The van der Waals surface area contributed by atoms with Gasteiger partial charge in [0.2, 0.25) is 5.95 Å². The number of amides is 1. The van der Waals surface area contributed by atoms with Gasteiger partial charge in [-0.2, -0.15) is 13.2 Å². The Bertz CT molecular complexity index is 1420. The molecule has 1 aliphatic carbocycles. The average Bonchev–Trinajstić information content (AvgIpc) is 3.57. The first-order valence-electron chi connectivity index (χ1n) is 11.3. The van der Waals surface area contributed by atoms with Gasteiger partial charge in [0.1, 0.15) is 5.15 Å². The molecule has 1 fully saturated rings. The number of nitrogens with zero attached hydrogens (tertiary/aromatic N) is 4. The molecule has 4 rings (SSSR count). The van der Waals surface area contributed by atoms with Gasteiger partial charge in [0, 0.05) is 26.2 Å². The van der Waals surface area contributed by atoms with Gasteiger partial charge in [-0.3, -0.25) is 14.2 Å². The summed E-state index contributed by atoms with van der Waals surface area (Å²) in [5, 5.41) is 3.61. The molecule has 0 saturated heterocycles. The number of aryl methyl sites for hydroxylation is 1. The number of carbonyl (C=O) groups excluding carboxylic acids is 1. The summed E-state index contributed by atoms with van der Waals surface area (Å²) in [5.41, 5.74) is 5.36. The number of hydrogen-bond donors (Lipinski definition) is 2. The van der Waals surface area contributed by atoms with Gasteiger partial charge < -0.3 is 16.0 Å². The summed E-state index contributed by atoms with van der Waals surface area (Å²) in [6.07, 6.45) is -4.24. The lowest BCUT2D eigenvalue weighted by Crippen LogP contribution is -2.39. The van der Waals surface area contributed by atoms with Gasteiger partial charge in [0.05, 0.1) is 28.0 Å². The minimum atomic E-state index is -4.33. The van der Waals surface area contributed by atoms with E-state index in [1.807, 2.05) is 13.0 Å². The fraction of sp³-hybridized carbons (Fsp3) is 0.417. The van der Waals surface area contributed by atoms with Crippen LogP contribution >= 0.6 is 11.6 Å². The molecule has 1 unspecified atom stereocenters. The smallest absolute Gasteiger partial charge is 0.377 e. The van der Waals surface area contributed by atoms with Crippen molar-refractivity contribution in [2.75, 3.05) is 23.8 Å². The van der Waals surface area contributed by atoms with Crippen molar-refractivity contribution in [2.24, 2.45) is 18.2 Å². The van der Waals surface area contributed by atoms with E-state index in [1.54, 1.807) is 19.1 Å². The number of carbonyl (C=O) groups is 1. The largest absolute Gasteiger partial charge is 0.396 e. The second-order valence-corrected chi connectivity index (χ2v) is 9.81. The van der Waals surface area contributed by atoms with Gasteiger partial charge in [0.15, 0.2) is 5.69 Å². The summed E-state index contributed by atoms with van der Waals surface area (Å²) in [6, 6.07) is 6.13. The number of nitrogens with two attached hydrogens (primary N) is 1. The minimum Gasteiger partial charge on any atom is -0.377 e. The van der Waals surface area contributed by atoms with Gasteiger partial charge in [0.25, 0.3) is 11.5 Å². The Labute approximate surface area is 210 Å². The van der Waals surface area contributed by atoms with E-state index < -0.39 is 23.5 Å². The zero-order chi connectivity index (χ0) is 26.6. The Balaban J connectivity index is 1.79. The molecular formula is C24H26ClF3N6O2. The van der Waals surface area contributed by atoms with Crippen molar-refractivity contribution in [3.05, 3.63) is 56.6 Å². The summed E-state index contributed by atoms with van der Waals surface area (Å²) in [5.74, 6) is -0.637. The Hall–Kier alpha value is -3.34. The van der Waals surface area contributed by atoms with Crippen molar-refractivity contribution >= 4 is 40.0 Å². The molecule has 2 heterocycles. The first kappa shape index (κ1) is 25.7. The van der Waals surface area contributed by atoms with E-state index in [4.69, 9.17) is 17.3 Å². The molecule has 0 spiro atoms. The third-order valence-corrected chi connectivity index (χ3v) is 6.81. The normalized spacial score (nSPS) is 15.6. The second kappa shape index (κ2) is 8.95. The fourth-order valence-electron chi connectivity index (χ4n) is 4.47. The van der Waals surface area contributed by atoms with Crippen LogP contribution in [-0.2, 0) is 7.05 Å². The first-order valence-corrected chi connectivity index (χ1v) is 11.6. The molecule has 0 aliphatic heterocycles. The quantitative estimate of drug-likeness (QED) is 0.447. The highest BCUT2D eigenvalue weighted by atomic mass is 35.5. The lowest BCUT2D eigenvalue weighted by atomic mass is 10.0. The Kier molecular flexibility index (Phi) is 6.40. The molecule has 1 amide bonds. The average molecular weight is 523 g/mol. The maximum Gasteiger partial charge on any atom is 0.396 e. The van der Waals surface area contributed by atoms with Crippen molar-refractivity contribution in [1.29, 1.82) is 0 Å². The number of halogens is 4. The van der Waals surface area contributed by atoms with Gasteiger partial charge in [-0.1, -0.05) is 17.7 Å². The van der Waals surface area contributed by atoms with Crippen molar-refractivity contribution in [3.8, 4) is 0 Å². The number of primary amides is 1. The van der Waals surface area contributed by atoms with E-state index in [2.05, 4.69) is 15.3 Å². The molecule has 1 aromatic carbocycles. The molecule has 1 atom stereocenters. The number of aromatic nitrogens is 3. The summed E-state index contributed by atoms with van der Waals surface area (Å²) in [4.78, 5) is 35.2.